The maximum atomic E-state index is 15.1. The molecule has 2 aliphatic heterocycles. The van der Waals surface area contributed by atoms with Crippen molar-refractivity contribution in [3.05, 3.63) is 71.8 Å². The number of esters is 3. The Morgan fingerprint density at radius 2 is 1.03 bits per heavy atom. The van der Waals surface area contributed by atoms with Crippen LogP contribution < -0.4 is 0 Å². The quantitative estimate of drug-likeness (QED) is 0.0286. The maximum absolute atomic E-state index is 15.1. The Bertz CT molecular complexity index is 1960. The van der Waals surface area contributed by atoms with E-state index in [9.17, 15) is 24.0 Å². The molecule has 11 nitrogen and oxygen atoms in total. The first-order valence-corrected chi connectivity index (χ1v) is 26.0. The Morgan fingerprint density at radius 1 is 0.611 bits per heavy atom. The summed E-state index contributed by atoms with van der Waals surface area (Å²) in [6.07, 6.45) is -0.918. The van der Waals surface area contributed by atoms with Gasteiger partial charge in [-0.25, -0.2) is 9.59 Å². The number of carbonyl (C=O) groups is 5. The van der Waals surface area contributed by atoms with Crippen molar-refractivity contribution >= 4 is 29.5 Å². The Balaban J connectivity index is 1.48. The van der Waals surface area contributed by atoms with E-state index in [2.05, 4.69) is 6.92 Å². The summed E-state index contributed by atoms with van der Waals surface area (Å²) >= 11 is 0. The predicted octanol–water partition coefficient (Wildman–Crippen LogP) is 12.9. The van der Waals surface area contributed by atoms with Crippen LogP contribution in [0.2, 0.25) is 0 Å². The smallest absolute Gasteiger partial charge is 0.432 e. The number of benzene rings is 2. The number of ether oxygens (including phenoxy) is 6. The summed E-state index contributed by atoms with van der Waals surface area (Å²) in [5.41, 5.74) is -7.96. The van der Waals surface area contributed by atoms with Crippen LogP contribution in [0.3, 0.4) is 0 Å². The van der Waals surface area contributed by atoms with E-state index in [0.29, 0.717) is 64.2 Å². The number of alkyl halides is 6. The van der Waals surface area contributed by atoms with E-state index in [1.54, 1.807) is 0 Å². The summed E-state index contributed by atoms with van der Waals surface area (Å²) in [6.45, 7) is 3.57. The minimum Gasteiger partial charge on any atom is -0.462 e. The van der Waals surface area contributed by atoms with Crippen molar-refractivity contribution in [3.63, 3.8) is 0 Å². The van der Waals surface area contributed by atoms with Crippen LogP contribution in [0.4, 0.5) is 26.3 Å². The van der Waals surface area contributed by atoms with Crippen LogP contribution in [0.5, 0.6) is 0 Å². The molecule has 0 spiro atoms. The average Bonchev–Trinajstić information content (AvgIpc) is 3.97. The molecule has 0 aliphatic carbocycles. The minimum absolute atomic E-state index is 0.00854. The highest BCUT2D eigenvalue weighted by molar-refractivity contribution is 5.85. The van der Waals surface area contributed by atoms with Gasteiger partial charge in [0.05, 0.1) is 18.1 Å². The summed E-state index contributed by atoms with van der Waals surface area (Å²) in [6, 6.07) is 12.8. The van der Waals surface area contributed by atoms with E-state index in [0.717, 1.165) is 77.0 Å². The molecule has 0 radical (unpaired) electrons. The molecule has 404 valence electrons. The van der Waals surface area contributed by atoms with Crippen LogP contribution in [0.25, 0.3) is 0 Å². The van der Waals surface area contributed by atoms with Crippen LogP contribution in [0.1, 0.15) is 179 Å². The number of methoxy groups -OCH3 is 2. The Hall–Kier alpha value is -4.35. The van der Waals surface area contributed by atoms with Gasteiger partial charge in [0.25, 0.3) is 11.2 Å². The number of cyclic esters (lactones) is 1. The predicted molar refractivity (Wildman–Crippen MR) is 256 cm³/mol. The Labute approximate surface area is 421 Å². The van der Waals surface area contributed by atoms with Gasteiger partial charge in [0, 0.05) is 44.6 Å². The molecule has 0 aromatic heterocycles. The van der Waals surface area contributed by atoms with Gasteiger partial charge in [-0.05, 0) is 64.7 Å². The van der Waals surface area contributed by atoms with Crippen LogP contribution in [0.15, 0.2) is 60.7 Å². The average molecular weight is 1030 g/mol. The zero-order valence-corrected chi connectivity index (χ0v) is 42.5. The molecule has 72 heavy (non-hydrogen) atoms. The van der Waals surface area contributed by atoms with Gasteiger partial charge in [-0.3, -0.25) is 9.59 Å². The lowest BCUT2D eigenvalue weighted by molar-refractivity contribution is -0.280. The SMILES string of the molecule is CCCCCCCCCCCC[C@@H](OC(=O)[C@](OC)(c1ccccc1)C(F)(F)F)[C@H]1CC[C@H]([C@@H](CCCCCCCC(=O)CC[C@H]2C[C@@H](CC(C)=O)C(=O)O2)OC(=O)[C@](OC)(c2ccccc2)C(F)(F)F)O1. The monoisotopic (exact) mass is 1030 g/mol. The summed E-state index contributed by atoms with van der Waals surface area (Å²) in [5.74, 6) is -4.39. The van der Waals surface area contributed by atoms with E-state index in [4.69, 9.17) is 28.4 Å². The lowest BCUT2D eigenvalue weighted by atomic mass is 9.92. The fourth-order valence-corrected chi connectivity index (χ4v) is 9.98. The normalized spacial score (nSPS) is 20.8. The van der Waals surface area contributed by atoms with Gasteiger partial charge in [0.2, 0.25) is 0 Å². The fourth-order valence-electron chi connectivity index (χ4n) is 9.98. The molecule has 4 rings (SSSR count). The summed E-state index contributed by atoms with van der Waals surface area (Å²) in [4.78, 5) is 64.2. The molecule has 0 bridgehead atoms. The van der Waals surface area contributed by atoms with E-state index in [1.165, 1.54) is 56.2 Å². The molecule has 2 aromatic carbocycles. The number of ketones is 2. The van der Waals surface area contributed by atoms with E-state index < -0.39 is 89.0 Å². The van der Waals surface area contributed by atoms with Crippen molar-refractivity contribution in [1.82, 2.24) is 0 Å². The zero-order valence-electron chi connectivity index (χ0n) is 42.5. The molecule has 8 atom stereocenters. The van der Waals surface area contributed by atoms with Crippen molar-refractivity contribution in [1.29, 1.82) is 0 Å². The first-order chi connectivity index (χ1) is 34.3. The van der Waals surface area contributed by atoms with Crippen LogP contribution >= 0.6 is 0 Å². The summed E-state index contributed by atoms with van der Waals surface area (Å²) in [5, 5.41) is 0. The van der Waals surface area contributed by atoms with Gasteiger partial charge >= 0.3 is 30.3 Å². The molecule has 2 aromatic rings. The molecular weight excluding hydrogens is 951 g/mol. The van der Waals surface area contributed by atoms with Crippen molar-refractivity contribution in [3.8, 4) is 0 Å². The molecule has 17 heteroatoms. The lowest BCUT2D eigenvalue weighted by Gasteiger charge is -2.36. The second kappa shape index (κ2) is 29.5. The third-order valence-corrected chi connectivity index (χ3v) is 14.0. The summed E-state index contributed by atoms with van der Waals surface area (Å²) in [7, 11) is 1.55. The van der Waals surface area contributed by atoms with E-state index >= 15 is 26.3 Å². The van der Waals surface area contributed by atoms with Gasteiger partial charge in [0.15, 0.2) is 0 Å². The molecule has 2 saturated heterocycles. The topological polar surface area (TPSA) is 141 Å². The lowest BCUT2D eigenvalue weighted by Crippen LogP contribution is -2.53. The molecular formula is C55H76F6O11. The number of halogens is 6. The Kier molecular flexibility index (Phi) is 24.7. The molecule has 2 aliphatic rings. The third-order valence-electron chi connectivity index (χ3n) is 14.0. The highest BCUT2D eigenvalue weighted by Gasteiger charge is 2.66. The number of unbranched alkanes of at least 4 members (excludes halogenated alkanes) is 13. The van der Waals surface area contributed by atoms with E-state index in [-0.39, 0.29) is 50.1 Å². The van der Waals surface area contributed by atoms with Crippen molar-refractivity contribution in [2.24, 2.45) is 5.92 Å². The van der Waals surface area contributed by atoms with Crippen LogP contribution in [-0.2, 0) is 63.6 Å². The second-order valence-corrected chi connectivity index (χ2v) is 19.4. The molecule has 2 fully saturated rings. The van der Waals surface area contributed by atoms with E-state index in [1.807, 2.05) is 0 Å². The second-order valence-electron chi connectivity index (χ2n) is 19.4. The molecule has 0 saturated carbocycles. The van der Waals surface area contributed by atoms with Gasteiger partial charge < -0.3 is 33.2 Å². The van der Waals surface area contributed by atoms with Crippen molar-refractivity contribution < 1.29 is 78.7 Å². The van der Waals surface area contributed by atoms with Crippen LogP contribution in [0, 0.1) is 5.92 Å². The third kappa shape index (κ3) is 16.8. The highest BCUT2D eigenvalue weighted by Crippen LogP contribution is 2.46. The first kappa shape index (κ1) is 60.2. The highest BCUT2D eigenvalue weighted by atomic mass is 19.4. The van der Waals surface area contributed by atoms with Crippen molar-refractivity contribution in [2.75, 3.05) is 14.2 Å². The van der Waals surface area contributed by atoms with Gasteiger partial charge in [-0.15, -0.1) is 0 Å². The molecule has 2 heterocycles. The zero-order chi connectivity index (χ0) is 52.8. The number of Topliss-reactive ketones (excluding diaryl/α,β-unsaturated/α-hetero) is 2. The number of hydrogen-bond acceptors (Lipinski definition) is 11. The Morgan fingerprint density at radius 3 is 1.43 bits per heavy atom. The van der Waals surface area contributed by atoms with Gasteiger partial charge in [-0.2, -0.15) is 26.3 Å². The number of hydrogen-bond donors (Lipinski definition) is 0. The minimum atomic E-state index is -5.26. The van der Waals surface area contributed by atoms with Crippen LogP contribution in [-0.4, -0.2) is 86.6 Å². The maximum Gasteiger partial charge on any atom is 0.432 e. The number of rotatable bonds is 34. The number of carbonyl (C=O) groups excluding carboxylic acids is 5. The van der Waals surface area contributed by atoms with Crippen molar-refractivity contribution in [2.45, 2.75) is 222 Å². The molecule has 0 amide bonds. The standard InChI is InChI=1S/C55H76F6O11/c1-5-6-7-8-9-10-11-12-15-24-31-45(71-50(65)52(67-3,54(56,57)58)41-26-19-17-20-27-41)47-35-36-48(70-47)46(72-51(66)53(68-4,55(59,60)61)42-28-21-18-22-29-42)32-25-16-13-14-23-30-43(63)33-34-44-38-40(37-39(2)62)49(64)69-44/h17-22,26-29,40,44-48H,5-16,23-25,30-38H2,1-4H3/t40-,44+,45-,46-,47-,48-,52-,53-/m1/s1. The van der Waals surface area contributed by atoms with Gasteiger partial charge in [-0.1, -0.05) is 145 Å². The summed E-state index contributed by atoms with van der Waals surface area (Å²) < 4.78 is 124. The van der Waals surface area contributed by atoms with Gasteiger partial charge in [0.1, 0.15) is 29.9 Å². The fraction of sp³-hybridized carbons (Fsp3) is 0.691. The molecule has 0 unspecified atom stereocenters. The first-order valence-electron chi connectivity index (χ1n) is 26.0. The largest absolute Gasteiger partial charge is 0.462 e. The molecule has 0 N–H and O–H groups in total.